The van der Waals surface area contributed by atoms with Crippen molar-refractivity contribution in [2.45, 2.75) is 6.92 Å². The largest absolute Gasteiger partial charge is 0.462 e. The van der Waals surface area contributed by atoms with Crippen molar-refractivity contribution in [2.75, 3.05) is 11.9 Å². The second kappa shape index (κ2) is 5.98. The van der Waals surface area contributed by atoms with Crippen LogP contribution in [0, 0.1) is 0 Å². The Morgan fingerprint density at radius 3 is 3.07 bits per heavy atom. The first-order valence-corrected chi connectivity index (χ1v) is 6.21. The second-order valence-corrected chi connectivity index (χ2v) is 4.24. The average molecular weight is 275 g/mol. The van der Waals surface area contributed by atoms with Crippen LogP contribution >= 0.6 is 27.3 Å². The van der Waals surface area contributed by atoms with E-state index in [0.29, 0.717) is 11.5 Å². The van der Waals surface area contributed by atoms with Crippen molar-refractivity contribution in [3.63, 3.8) is 0 Å². The first-order chi connectivity index (χ1) is 6.77. The number of allylic oxidation sites excluding steroid dienone is 1. The number of hydrogen-bond acceptors (Lipinski definition) is 3. The first-order valence-electron chi connectivity index (χ1n) is 4.27. The van der Waals surface area contributed by atoms with Crippen LogP contribution in [0.5, 0.6) is 0 Å². The topological polar surface area (TPSA) is 26.3 Å². The Kier molecular flexibility index (Phi) is 4.90. The number of ether oxygens (including phenoxy) is 1. The first kappa shape index (κ1) is 11.5. The maximum Gasteiger partial charge on any atom is 0.348 e. The van der Waals surface area contributed by atoms with Crippen molar-refractivity contribution < 1.29 is 9.53 Å². The highest BCUT2D eigenvalue weighted by atomic mass is 79.9. The van der Waals surface area contributed by atoms with Gasteiger partial charge in [0, 0.05) is 10.2 Å². The SMILES string of the molecule is CCOC(=O)c1ccc(C=CCBr)s1. The fourth-order valence-corrected chi connectivity index (χ4v) is 1.93. The van der Waals surface area contributed by atoms with E-state index in [1.165, 1.54) is 11.3 Å². The zero-order chi connectivity index (χ0) is 10.4. The van der Waals surface area contributed by atoms with Crippen molar-refractivity contribution in [3.8, 4) is 0 Å². The Balaban J connectivity index is 2.67. The molecule has 0 saturated heterocycles. The third-order valence-electron chi connectivity index (χ3n) is 1.47. The molecule has 0 unspecified atom stereocenters. The lowest BCUT2D eigenvalue weighted by Gasteiger charge is -1.96. The van der Waals surface area contributed by atoms with E-state index in [9.17, 15) is 4.79 Å². The van der Waals surface area contributed by atoms with Gasteiger partial charge in [-0.2, -0.15) is 0 Å². The minimum absolute atomic E-state index is 0.240. The Hall–Kier alpha value is -0.610. The van der Waals surface area contributed by atoms with Crippen LogP contribution < -0.4 is 0 Å². The summed E-state index contributed by atoms with van der Waals surface area (Å²) in [6.07, 6.45) is 3.96. The molecular weight excluding hydrogens is 264 g/mol. The lowest BCUT2D eigenvalue weighted by molar-refractivity contribution is 0.0532. The highest BCUT2D eigenvalue weighted by Gasteiger charge is 2.08. The van der Waals surface area contributed by atoms with Crippen LogP contribution in [0.1, 0.15) is 21.5 Å². The molecule has 0 amide bonds. The van der Waals surface area contributed by atoms with Gasteiger partial charge in [-0.25, -0.2) is 4.79 Å². The minimum atomic E-state index is -0.240. The molecule has 14 heavy (non-hydrogen) atoms. The molecule has 2 nitrogen and oxygen atoms in total. The summed E-state index contributed by atoms with van der Waals surface area (Å²) >= 11 is 4.73. The van der Waals surface area contributed by atoms with E-state index in [2.05, 4.69) is 15.9 Å². The van der Waals surface area contributed by atoms with Gasteiger partial charge in [0.15, 0.2) is 0 Å². The van der Waals surface area contributed by atoms with Gasteiger partial charge in [-0.05, 0) is 25.1 Å². The summed E-state index contributed by atoms with van der Waals surface area (Å²) in [7, 11) is 0. The van der Waals surface area contributed by atoms with Gasteiger partial charge in [-0.1, -0.05) is 22.0 Å². The highest BCUT2D eigenvalue weighted by molar-refractivity contribution is 9.09. The second-order valence-electron chi connectivity index (χ2n) is 2.48. The molecule has 1 heterocycles. The number of thiophene rings is 1. The molecule has 0 aliphatic rings. The third kappa shape index (κ3) is 3.27. The molecule has 0 aliphatic heterocycles. The van der Waals surface area contributed by atoms with Crippen LogP contribution in [0.2, 0.25) is 0 Å². The lowest BCUT2D eigenvalue weighted by Crippen LogP contribution is -2.01. The lowest BCUT2D eigenvalue weighted by atomic mass is 10.4. The summed E-state index contributed by atoms with van der Waals surface area (Å²) in [5.74, 6) is -0.240. The van der Waals surface area contributed by atoms with E-state index in [1.807, 2.05) is 18.2 Å². The van der Waals surface area contributed by atoms with Crippen LogP contribution in [-0.2, 0) is 4.74 Å². The molecule has 0 atom stereocenters. The van der Waals surface area contributed by atoms with E-state index < -0.39 is 0 Å². The van der Waals surface area contributed by atoms with Crippen LogP contribution in [0.4, 0.5) is 0 Å². The number of rotatable bonds is 4. The summed E-state index contributed by atoms with van der Waals surface area (Å²) in [6, 6.07) is 3.70. The van der Waals surface area contributed by atoms with Gasteiger partial charge in [0.05, 0.1) is 6.61 Å². The van der Waals surface area contributed by atoms with E-state index >= 15 is 0 Å². The van der Waals surface area contributed by atoms with E-state index in [4.69, 9.17) is 4.74 Å². The fourth-order valence-electron chi connectivity index (χ4n) is 0.915. The standard InChI is InChI=1S/C10H11BrO2S/c1-2-13-10(12)9-6-5-8(14-9)4-3-7-11/h3-6H,2,7H2,1H3. The predicted octanol–water partition coefficient (Wildman–Crippen LogP) is 3.33. The molecule has 0 saturated carbocycles. The monoisotopic (exact) mass is 274 g/mol. The highest BCUT2D eigenvalue weighted by Crippen LogP contribution is 2.18. The van der Waals surface area contributed by atoms with Crippen molar-refractivity contribution >= 4 is 39.3 Å². The average Bonchev–Trinajstić information content (AvgIpc) is 2.63. The predicted molar refractivity (Wildman–Crippen MR) is 63.1 cm³/mol. The Morgan fingerprint density at radius 1 is 1.64 bits per heavy atom. The van der Waals surface area contributed by atoms with Crippen LogP contribution in [0.3, 0.4) is 0 Å². The van der Waals surface area contributed by atoms with Crippen molar-refractivity contribution in [1.82, 2.24) is 0 Å². The van der Waals surface area contributed by atoms with Crippen molar-refractivity contribution in [2.24, 2.45) is 0 Å². The van der Waals surface area contributed by atoms with Gasteiger partial charge in [0.1, 0.15) is 4.88 Å². The molecule has 0 fully saturated rings. The summed E-state index contributed by atoms with van der Waals surface area (Å²) in [4.78, 5) is 13.0. The number of esters is 1. The molecule has 0 aromatic carbocycles. The van der Waals surface area contributed by atoms with Gasteiger partial charge in [-0.3, -0.25) is 0 Å². The van der Waals surface area contributed by atoms with Crippen molar-refractivity contribution in [1.29, 1.82) is 0 Å². The number of alkyl halides is 1. The zero-order valence-corrected chi connectivity index (χ0v) is 10.2. The number of hydrogen-bond donors (Lipinski definition) is 0. The summed E-state index contributed by atoms with van der Waals surface area (Å²) < 4.78 is 4.88. The van der Waals surface area contributed by atoms with E-state index in [0.717, 1.165) is 10.2 Å². The molecule has 76 valence electrons. The third-order valence-corrected chi connectivity index (χ3v) is 2.88. The molecule has 0 radical (unpaired) electrons. The van der Waals surface area contributed by atoms with Gasteiger partial charge in [0.25, 0.3) is 0 Å². The van der Waals surface area contributed by atoms with Gasteiger partial charge in [0.2, 0.25) is 0 Å². The maximum atomic E-state index is 11.3. The molecule has 0 aliphatic carbocycles. The smallest absolute Gasteiger partial charge is 0.348 e. The zero-order valence-electron chi connectivity index (χ0n) is 7.83. The number of halogens is 1. The van der Waals surface area contributed by atoms with Crippen molar-refractivity contribution in [3.05, 3.63) is 28.0 Å². The maximum absolute atomic E-state index is 11.3. The Morgan fingerprint density at radius 2 is 2.43 bits per heavy atom. The molecule has 1 aromatic rings. The Labute approximate surface area is 95.7 Å². The quantitative estimate of drug-likeness (QED) is 0.622. The summed E-state index contributed by atoms with van der Waals surface area (Å²) in [5, 5.41) is 0.819. The van der Waals surface area contributed by atoms with E-state index in [-0.39, 0.29) is 5.97 Å². The van der Waals surface area contributed by atoms with Crippen LogP contribution in [0.15, 0.2) is 18.2 Å². The molecule has 0 spiro atoms. The summed E-state index contributed by atoms with van der Waals surface area (Å²) in [6.45, 7) is 2.22. The van der Waals surface area contributed by atoms with Gasteiger partial charge in [-0.15, -0.1) is 11.3 Å². The van der Waals surface area contributed by atoms with E-state index in [1.54, 1.807) is 13.0 Å². The molecule has 1 aromatic heterocycles. The molecule has 0 N–H and O–H groups in total. The molecule has 0 bridgehead atoms. The molecule has 1 rings (SSSR count). The number of carbonyl (C=O) groups excluding carboxylic acids is 1. The Bertz CT molecular complexity index is 331. The van der Waals surface area contributed by atoms with Gasteiger partial charge < -0.3 is 4.74 Å². The van der Waals surface area contributed by atoms with Crippen LogP contribution in [0.25, 0.3) is 6.08 Å². The minimum Gasteiger partial charge on any atom is -0.462 e. The summed E-state index contributed by atoms with van der Waals surface area (Å²) in [5.41, 5.74) is 0. The van der Waals surface area contributed by atoms with Crippen LogP contribution in [-0.4, -0.2) is 17.9 Å². The molecule has 4 heteroatoms. The fraction of sp³-hybridized carbons (Fsp3) is 0.300. The number of carbonyl (C=O) groups is 1. The normalized spacial score (nSPS) is 10.7. The molecular formula is C10H11BrO2S. The van der Waals surface area contributed by atoms with Gasteiger partial charge >= 0.3 is 5.97 Å².